The van der Waals surface area contributed by atoms with E-state index in [1.807, 2.05) is 48.5 Å². The van der Waals surface area contributed by atoms with Crippen LogP contribution in [0.1, 0.15) is 100 Å². The van der Waals surface area contributed by atoms with E-state index in [1.165, 1.54) is 11.8 Å². The Kier molecular flexibility index (Phi) is 14.0. The number of benzene rings is 4. The Balaban J connectivity index is 1.44. The summed E-state index contributed by atoms with van der Waals surface area (Å²) in [5, 5.41) is 25.6. The van der Waals surface area contributed by atoms with E-state index in [-0.39, 0.29) is 48.6 Å². The lowest BCUT2D eigenvalue weighted by atomic mass is 9.88. The largest absolute Gasteiger partial charge is 0.481 e. The fourth-order valence-electron chi connectivity index (χ4n) is 7.71. The van der Waals surface area contributed by atoms with Crippen LogP contribution in [0.2, 0.25) is 20.1 Å². The first kappa shape index (κ1) is 44.8. The van der Waals surface area contributed by atoms with Gasteiger partial charge in [-0.05, 0) is 93.2 Å². The molecular weight excluding hydrogens is 850 g/mol. The quantitative estimate of drug-likeness (QED) is 0.0880. The highest BCUT2D eigenvalue weighted by Gasteiger charge is 2.48. The van der Waals surface area contributed by atoms with Gasteiger partial charge in [0.2, 0.25) is 11.8 Å². The van der Waals surface area contributed by atoms with E-state index in [4.69, 9.17) is 46.4 Å². The van der Waals surface area contributed by atoms with Gasteiger partial charge in [-0.2, -0.15) is 0 Å². The van der Waals surface area contributed by atoms with E-state index in [0.29, 0.717) is 42.7 Å². The summed E-state index contributed by atoms with van der Waals surface area (Å²) in [6.45, 7) is 11.6. The summed E-state index contributed by atoms with van der Waals surface area (Å²) in [5.74, 6) is -4.79. The van der Waals surface area contributed by atoms with Crippen molar-refractivity contribution in [3.63, 3.8) is 0 Å². The summed E-state index contributed by atoms with van der Waals surface area (Å²) in [7, 11) is 0. The van der Waals surface area contributed by atoms with Gasteiger partial charge >= 0.3 is 11.9 Å². The van der Waals surface area contributed by atoms with Gasteiger partial charge in [0.15, 0.2) is 0 Å². The molecule has 4 aromatic rings. The third-order valence-corrected chi connectivity index (χ3v) is 14.5. The van der Waals surface area contributed by atoms with E-state index >= 15 is 0 Å². The number of hydrogen-bond donors (Lipinski definition) is 4. The number of halogens is 4. The molecule has 4 N–H and O–H groups in total. The molecule has 0 radical (unpaired) electrons. The third kappa shape index (κ3) is 9.60. The van der Waals surface area contributed by atoms with Gasteiger partial charge in [-0.25, -0.2) is 0 Å². The van der Waals surface area contributed by atoms with Gasteiger partial charge in [0.1, 0.15) is 0 Å². The van der Waals surface area contributed by atoms with E-state index < -0.39 is 35.6 Å². The van der Waals surface area contributed by atoms with Crippen LogP contribution in [-0.2, 0) is 19.2 Å². The summed E-state index contributed by atoms with van der Waals surface area (Å²) in [5.41, 5.74) is 7.34. The molecule has 4 aromatic carbocycles. The van der Waals surface area contributed by atoms with Crippen molar-refractivity contribution >= 4 is 81.9 Å². The number of rotatable bonds is 16. The molecule has 0 heterocycles. The number of amides is 2. The highest BCUT2D eigenvalue weighted by atomic mass is 35.5. The minimum Gasteiger partial charge on any atom is -0.481 e. The average Bonchev–Trinajstić information content (AvgIpc) is 4.15. The summed E-state index contributed by atoms with van der Waals surface area (Å²) < 4.78 is 0. The number of carbonyl (C=O) groups excluding carboxylic acids is 2. The molecule has 2 fully saturated rings. The molecule has 6 rings (SSSR count). The minimum absolute atomic E-state index is 0.0247. The predicted molar refractivity (Wildman–Crippen MR) is 237 cm³/mol. The van der Waals surface area contributed by atoms with Crippen LogP contribution in [0.3, 0.4) is 0 Å². The predicted octanol–water partition coefficient (Wildman–Crippen LogP) is 11.9. The Morgan fingerprint density at radius 3 is 1.29 bits per heavy atom. The first-order valence-electron chi connectivity index (χ1n) is 19.8. The van der Waals surface area contributed by atoms with E-state index in [2.05, 4.69) is 50.5 Å². The second-order valence-electron chi connectivity index (χ2n) is 16.4. The zero-order chi connectivity index (χ0) is 43.0. The van der Waals surface area contributed by atoms with Gasteiger partial charge in [-0.15, -0.1) is 0 Å². The van der Waals surface area contributed by atoms with Gasteiger partial charge in [0.05, 0.1) is 31.9 Å². The van der Waals surface area contributed by atoms with Crippen molar-refractivity contribution in [2.75, 3.05) is 13.1 Å². The lowest BCUT2D eigenvalue weighted by molar-refractivity contribution is -0.142. The molecule has 8 nitrogen and oxygen atoms in total. The van der Waals surface area contributed by atoms with Crippen LogP contribution in [0.15, 0.2) is 70.5 Å². The van der Waals surface area contributed by atoms with Crippen molar-refractivity contribution < 1.29 is 29.4 Å². The van der Waals surface area contributed by atoms with Gasteiger partial charge in [-0.1, -0.05) is 148 Å². The fourth-order valence-corrected chi connectivity index (χ4v) is 10.0. The molecule has 13 heteroatoms. The van der Waals surface area contributed by atoms with Crippen LogP contribution in [0.5, 0.6) is 0 Å². The monoisotopic (exact) mass is 896 g/mol. The summed E-state index contributed by atoms with van der Waals surface area (Å²) in [4.78, 5) is 50.7. The molecule has 0 bridgehead atoms. The number of aliphatic carboxylic acids is 2. The molecule has 0 saturated heterocycles. The maximum Gasteiger partial charge on any atom is 0.308 e. The van der Waals surface area contributed by atoms with Crippen molar-refractivity contribution in [2.24, 2.45) is 23.7 Å². The maximum absolute atomic E-state index is 13.3. The molecule has 2 unspecified atom stereocenters. The zero-order valence-electron chi connectivity index (χ0n) is 33.7. The van der Waals surface area contributed by atoms with Crippen LogP contribution in [-0.4, -0.2) is 47.1 Å². The molecule has 312 valence electrons. The standard InChI is InChI=1S/C46H48Cl4N2O6S/c1-21(2)25-11-7-9-13-27(25)31-17-35(39(47)41(49)37(31)29-15-33(29)43(53)51-19-23(5)45(55)56)59-36-18-32(28-14-10-8-12-26(28)22(3)4)38(42(50)40(36)48)30-16-34(30)44(54)52-20-24(6)46(57)58/h7-14,17-18,21-24,29-30,33-34H,15-16,19-20H2,1-6H3,(H,51,53)(H,52,54)(H,55,56)(H,57,58)/t23?,24?,29-,30-,33-,34-/m1/s1. The van der Waals surface area contributed by atoms with Crippen LogP contribution >= 0.6 is 58.2 Å². The Morgan fingerprint density at radius 2 is 0.949 bits per heavy atom. The second-order valence-corrected chi connectivity index (χ2v) is 19.0. The van der Waals surface area contributed by atoms with Crippen molar-refractivity contribution in [3.8, 4) is 22.3 Å². The number of hydrogen-bond acceptors (Lipinski definition) is 5. The highest BCUT2D eigenvalue weighted by molar-refractivity contribution is 7.99. The maximum atomic E-state index is 13.3. The molecule has 2 aliphatic rings. The highest BCUT2D eigenvalue weighted by Crippen LogP contribution is 2.59. The molecule has 2 aliphatic carbocycles. The molecular formula is C46H48Cl4N2O6S. The Hall–Kier alpha value is -3.73. The van der Waals surface area contributed by atoms with Crippen LogP contribution in [0.4, 0.5) is 0 Å². The van der Waals surface area contributed by atoms with Crippen molar-refractivity contribution in [2.45, 2.75) is 87.8 Å². The molecule has 2 amide bonds. The smallest absolute Gasteiger partial charge is 0.308 e. The summed E-state index contributed by atoms with van der Waals surface area (Å²) in [6.07, 6.45) is 1.07. The number of carboxylic acid groups (broad SMARTS) is 2. The number of carbonyl (C=O) groups is 4. The topological polar surface area (TPSA) is 133 Å². The lowest BCUT2D eigenvalue weighted by Gasteiger charge is -2.22. The van der Waals surface area contributed by atoms with Crippen molar-refractivity contribution in [1.29, 1.82) is 0 Å². The van der Waals surface area contributed by atoms with Crippen molar-refractivity contribution in [1.82, 2.24) is 10.6 Å². The van der Waals surface area contributed by atoms with E-state index in [9.17, 15) is 29.4 Å². The first-order valence-corrected chi connectivity index (χ1v) is 22.2. The normalized spacial score (nSPS) is 19.3. The molecule has 0 aromatic heterocycles. The molecule has 0 aliphatic heterocycles. The van der Waals surface area contributed by atoms with E-state index in [0.717, 1.165) is 44.5 Å². The first-order chi connectivity index (χ1) is 27.9. The molecule has 59 heavy (non-hydrogen) atoms. The Bertz CT molecular complexity index is 2160. The average molecular weight is 899 g/mol. The minimum atomic E-state index is -0.982. The number of nitrogens with one attached hydrogen (secondary N) is 2. The SMILES string of the molecule is CC(CNC(=O)[C@@H]1C[C@H]1c1c(-c2ccccc2C(C)C)cc(Sc2cc(-c3ccccc3C(C)C)c([C@@H]3C[C@H]3C(=O)NCC(C)C(=O)O)c(Cl)c2Cl)c(Cl)c1Cl)C(=O)O. The molecule has 2 saturated carbocycles. The Labute approximate surface area is 369 Å². The van der Waals surface area contributed by atoms with Crippen LogP contribution < -0.4 is 10.6 Å². The van der Waals surface area contributed by atoms with Gasteiger partial charge in [0, 0.05) is 34.7 Å². The molecule has 6 atom stereocenters. The summed E-state index contributed by atoms with van der Waals surface area (Å²) in [6, 6.07) is 20.2. The van der Waals surface area contributed by atoms with E-state index in [1.54, 1.807) is 13.8 Å². The van der Waals surface area contributed by atoms with Gasteiger partial charge < -0.3 is 20.8 Å². The third-order valence-electron chi connectivity index (χ3n) is 11.4. The van der Waals surface area contributed by atoms with Gasteiger partial charge in [0.25, 0.3) is 0 Å². The Morgan fingerprint density at radius 1 is 0.593 bits per heavy atom. The molecule has 0 spiro atoms. The van der Waals surface area contributed by atoms with Gasteiger partial charge in [-0.3, -0.25) is 19.2 Å². The zero-order valence-corrected chi connectivity index (χ0v) is 37.5. The lowest BCUT2D eigenvalue weighted by Crippen LogP contribution is -2.32. The van der Waals surface area contributed by atoms with Crippen LogP contribution in [0.25, 0.3) is 22.3 Å². The summed E-state index contributed by atoms with van der Waals surface area (Å²) >= 11 is 30.3. The second kappa shape index (κ2) is 18.5. The fraction of sp³-hybridized carbons (Fsp3) is 0.391. The van der Waals surface area contributed by atoms with Crippen molar-refractivity contribution in [3.05, 3.63) is 103 Å². The van der Waals surface area contributed by atoms with Crippen LogP contribution in [0, 0.1) is 23.7 Å². The number of carboxylic acids is 2.